The van der Waals surface area contributed by atoms with E-state index in [0.29, 0.717) is 0 Å². The first-order valence-corrected chi connectivity index (χ1v) is 16.0. The molecule has 1 spiro atoms. The third kappa shape index (κ3) is 3.46. The first kappa shape index (κ1) is 25.4. The zero-order valence-corrected chi connectivity index (χ0v) is 25.2. The van der Waals surface area contributed by atoms with Gasteiger partial charge in [-0.05, 0) is 108 Å². The van der Waals surface area contributed by atoms with Crippen LogP contribution in [0, 0.1) is 0 Å². The van der Waals surface area contributed by atoms with Crippen molar-refractivity contribution in [2.24, 2.45) is 0 Å². The fourth-order valence-corrected chi connectivity index (χ4v) is 8.28. The number of rotatable bonds is 3. The molecule has 1 heteroatoms. The van der Waals surface area contributed by atoms with E-state index >= 15 is 0 Å². The van der Waals surface area contributed by atoms with Gasteiger partial charge in [0.2, 0.25) is 0 Å². The van der Waals surface area contributed by atoms with Crippen molar-refractivity contribution < 1.29 is 0 Å². The molecule has 1 unspecified atom stereocenters. The van der Waals surface area contributed by atoms with E-state index in [2.05, 4.69) is 175 Å². The lowest BCUT2D eigenvalue weighted by Gasteiger charge is -2.31. The van der Waals surface area contributed by atoms with Gasteiger partial charge in [-0.1, -0.05) is 140 Å². The van der Waals surface area contributed by atoms with Gasteiger partial charge in [-0.25, -0.2) is 0 Å². The number of benzene rings is 8. The van der Waals surface area contributed by atoms with E-state index in [4.69, 9.17) is 0 Å². The topological polar surface area (TPSA) is 12.0 Å². The molecular weight excluding hydrogens is 555 g/mol. The van der Waals surface area contributed by atoms with Crippen LogP contribution in [0.1, 0.15) is 22.3 Å². The third-order valence-electron chi connectivity index (χ3n) is 10.2. The lowest BCUT2D eigenvalue weighted by Crippen LogP contribution is -2.26. The predicted molar refractivity (Wildman–Crippen MR) is 193 cm³/mol. The van der Waals surface area contributed by atoms with Gasteiger partial charge < -0.3 is 5.32 Å². The van der Waals surface area contributed by atoms with E-state index < -0.39 is 0 Å². The van der Waals surface area contributed by atoms with Crippen LogP contribution in [0.25, 0.3) is 54.9 Å². The highest BCUT2D eigenvalue weighted by Gasteiger charge is 2.52. The SMILES string of the molecule is c1ccc2c(c1)-c1cc(Nc3ccc(-c4ccc5ccccc5c4)cc3)ccc1C21c2ccccc2-c2ccc3ccccc3c21. The summed E-state index contributed by atoms with van der Waals surface area (Å²) in [6.45, 7) is 0. The molecule has 0 aromatic heterocycles. The molecule has 0 saturated heterocycles. The van der Waals surface area contributed by atoms with Crippen molar-refractivity contribution in [2.75, 3.05) is 5.32 Å². The molecule has 46 heavy (non-hydrogen) atoms. The molecule has 0 heterocycles. The Morgan fingerprint density at radius 3 is 1.74 bits per heavy atom. The van der Waals surface area contributed by atoms with E-state index in [1.807, 2.05) is 0 Å². The van der Waals surface area contributed by atoms with Crippen LogP contribution in [0.15, 0.2) is 170 Å². The molecule has 8 aromatic carbocycles. The van der Waals surface area contributed by atoms with Gasteiger partial charge in [-0.3, -0.25) is 0 Å². The highest BCUT2D eigenvalue weighted by atomic mass is 14.9. The Morgan fingerprint density at radius 1 is 0.348 bits per heavy atom. The Bertz CT molecular complexity index is 2500. The Kier molecular flexibility index (Phi) is 5.27. The summed E-state index contributed by atoms with van der Waals surface area (Å²) in [5.41, 5.74) is 15.0. The average molecular weight is 584 g/mol. The molecule has 214 valence electrons. The second-order valence-electron chi connectivity index (χ2n) is 12.6. The molecule has 0 bridgehead atoms. The van der Waals surface area contributed by atoms with Crippen molar-refractivity contribution in [1.29, 1.82) is 0 Å². The van der Waals surface area contributed by atoms with Crippen LogP contribution in [0.2, 0.25) is 0 Å². The molecule has 1 atom stereocenters. The fraction of sp³-hybridized carbons (Fsp3) is 0.0222. The van der Waals surface area contributed by atoms with Crippen molar-refractivity contribution in [3.05, 3.63) is 192 Å². The lowest BCUT2D eigenvalue weighted by molar-refractivity contribution is 0.801. The predicted octanol–water partition coefficient (Wildman–Crippen LogP) is 11.7. The van der Waals surface area contributed by atoms with Crippen LogP contribution in [0.4, 0.5) is 11.4 Å². The molecule has 2 aliphatic rings. The smallest absolute Gasteiger partial charge is 0.0731 e. The summed E-state index contributed by atoms with van der Waals surface area (Å²) in [6, 6.07) is 62.5. The molecule has 1 nitrogen and oxygen atoms in total. The van der Waals surface area contributed by atoms with Gasteiger partial charge in [0, 0.05) is 11.4 Å². The highest BCUT2D eigenvalue weighted by Crippen LogP contribution is 2.64. The van der Waals surface area contributed by atoms with Gasteiger partial charge in [0.05, 0.1) is 5.41 Å². The summed E-state index contributed by atoms with van der Waals surface area (Å²) in [5, 5.41) is 8.86. The van der Waals surface area contributed by atoms with Crippen molar-refractivity contribution in [3.8, 4) is 33.4 Å². The first-order valence-electron chi connectivity index (χ1n) is 16.0. The van der Waals surface area contributed by atoms with Crippen LogP contribution in [-0.4, -0.2) is 0 Å². The first-order chi connectivity index (χ1) is 22.8. The maximum Gasteiger partial charge on any atom is 0.0731 e. The molecule has 0 saturated carbocycles. The van der Waals surface area contributed by atoms with E-state index in [-0.39, 0.29) is 5.41 Å². The zero-order chi connectivity index (χ0) is 30.2. The van der Waals surface area contributed by atoms with Crippen LogP contribution in [-0.2, 0) is 5.41 Å². The molecule has 1 N–H and O–H groups in total. The summed E-state index contributed by atoms with van der Waals surface area (Å²) in [6.07, 6.45) is 0. The molecule has 10 rings (SSSR count). The number of nitrogens with one attached hydrogen (secondary N) is 1. The number of hydrogen-bond donors (Lipinski definition) is 1. The Balaban J connectivity index is 1.10. The van der Waals surface area contributed by atoms with Gasteiger partial charge in [0.15, 0.2) is 0 Å². The van der Waals surface area contributed by atoms with Gasteiger partial charge in [0.1, 0.15) is 0 Å². The van der Waals surface area contributed by atoms with E-state index in [9.17, 15) is 0 Å². The normalized spacial score (nSPS) is 15.5. The quantitative estimate of drug-likeness (QED) is 0.218. The molecule has 2 aliphatic carbocycles. The van der Waals surface area contributed by atoms with Gasteiger partial charge in [0.25, 0.3) is 0 Å². The van der Waals surface area contributed by atoms with E-state index in [1.54, 1.807) is 0 Å². The number of fused-ring (bicyclic) bond motifs is 13. The van der Waals surface area contributed by atoms with E-state index in [1.165, 1.54) is 77.2 Å². The maximum absolute atomic E-state index is 3.72. The molecular formula is C45H29N. The van der Waals surface area contributed by atoms with Gasteiger partial charge >= 0.3 is 0 Å². The number of anilines is 2. The van der Waals surface area contributed by atoms with E-state index in [0.717, 1.165) is 11.4 Å². The van der Waals surface area contributed by atoms with Crippen molar-refractivity contribution in [3.63, 3.8) is 0 Å². The minimum absolute atomic E-state index is 0.362. The largest absolute Gasteiger partial charge is 0.356 e. The Hall–Kier alpha value is -5.92. The Morgan fingerprint density at radius 2 is 0.935 bits per heavy atom. The molecule has 0 amide bonds. The molecule has 0 aliphatic heterocycles. The standard InChI is InChI=1S/C45H29N/c1-2-11-32-27-33(18-17-29(32)9-1)30-19-22-34(23-20-30)46-35-24-26-43-40(28-35)38-14-6-8-16-42(38)45(43)41-15-7-5-13-37(41)39-25-21-31-10-3-4-12-36(31)44(39)45/h1-28,46H. The second-order valence-corrected chi connectivity index (χ2v) is 12.6. The van der Waals surface area contributed by atoms with Gasteiger partial charge in [-0.2, -0.15) is 0 Å². The molecule has 8 aromatic rings. The monoisotopic (exact) mass is 583 g/mol. The summed E-state index contributed by atoms with van der Waals surface area (Å²) in [7, 11) is 0. The second kappa shape index (κ2) is 9.54. The van der Waals surface area contributed by atoms with Crippen LogP contribution in [0.5, 0.6) is 0 Å². The summed E-state index contributed by atoms with van der Waals surface area (Å²) in [4.78, 5) is 0. The highest BCUT2D eigenvalue weighted by molar-refractivity contribution is 6.04. The number of hydrogen-bond acceptors (Lipinski definition) is 1. The van der Waals surface area contributed by atoms with Crippen LogP contribution < -0.4 is 5.32 Å². The van der Waals surface area contributed by atoms with Crippen molar-refractivity contribution in [1.82, 2.24) is 0 Å². The van der Waals surface area contributed by atoms with Crippen LogP contribution in [0.3, 0.4) is 0 Å². The maximum atomic E-state index is 3.72. The zero-order valence-electron chi connectivity index (χ0n) is 25.2. The third-order valence-corrected chi connectivity index (χ3v) is 10.2. The molecule has 0 radical (unpaired) electrons. The average Bonchev–Trinajstić information content (AvgIpc) is 3.59. The summed E-state index contributed by atoms with van der Waals surface area (Å²) >= 11 is 0. The van der Waals surface area contributed by atoms with Gasteiger partial charge in [-0.15, -0.1) is 0 Å². The van der Waals surface area contributed by atoms with Crippen molar-refractivity contribution in [2.45, 2.75) is 5.41 Å². The lowest BCUT2D eigenvalue weighted by atomic mass is 9.69. The Labute approximate surface area is 268 Å². The molecule has 0 fully saturated rings. The summed E-state index contributed by atoms with van der Waals surface area (Å²) < 4.78 is 0. The fourth-order valence-electron chi connectivity index (χ4n) is 8.28. The minimum Gasteiger partial charge on any atom is -0.356 e. The minimum atomic E-state index is -0.362. The van der Waals surface area contributed by atoms with Crippen molar-refractivity contribution >= 4 is 32.9 Å². The van der Waals surface area contributed by atoms with Crippen LogP contribution >= 0.6 is 0 Å². The summed E-state index contributed by atoms with van der Waals surface area (Å²) in [5.74, 6) is 0.